The maximum absolute atomic E-state index is 14.6. The molecule has 0 atom stereocenters. The summed E-state index contributed by atoms with van der Waals surface area (Å²) in [6.45, 7) is 2.69. The van der Waals surface area contributed by atoms with Gasteiger partial charge in [-0.25, -0.2) is 4.98 Å². The molecule has 2 aromatic heterocycles. The fourth-order valence-electron chi connectivity index (χ4n) is 7.01. The topological polar surface area (TPSA) is 112 Å². The lowest BCUT2D eigenvalue weighted by molar-refractivity contribution is -0.138. The molecule has 2 aromatic carbocycles. The van der Waals surface area contributed by atoms with Crippen molar-refractivity contribution in [1.82, 2.24) is 24.6 Å². The number of aryl methyl sites for hydroxylation is 1. The van der Waals surface area contributed by atoms with E-state index in [9.17, 15) is 31.1 Å². The summed E-state index contributed by atoms with van der Waals surface area (Å²) in [4.78, 5) is 21.7. The third-order valence-electron chi connectivity index (χ3n) is 9.62. The van der Waals surface area contributed by atoms with Gasteiger partial charge in [0.1, 0.15) is 18.0 Å². The Morgan fingerprint density at radius 3 is 2.47 bits per heavy atom. The van der Waals surface area contributed by atoms with Gasteiger partial charge in [0.15, 0.2) is 5.82 Å². The van der Waals surface area contributed by atoms with Crippen LogP contribution in [0.15, 0.2) is 48.8 Å². The number of amides is 1. The van der Waals surface area contributed by atoms with Gasteiger partial charge >= 0.3 is 12.4 Å². The fourth-order valence-corrected chi connectivity index (χ4v) is 7.01. The van der Waals surface area contributed by atoms with Gasteiger partial charge in [-0.15, -0.1) is 10.2 Å². The number of nitrogens with zero attached hydrogens (tertiary/aromatic N) is 7. The average Bonchev–Trinajstić information content (AvgIpc) is 3.79. The maximum Gasteiger partial charge on any atom is 0.416 e. The van der Waals surface area contributed by atoms with Crippen molar-refractivity contribution in [2.75, 3.05) is 43.1 Å². The molecular formula is C35H32F6N8O2. The van der Waals surface area contributed by atoms with E-state index in [1.165, 1.54) is 35.2 Å². The number of unbranched alkanes of at least 4 members (excludes halogenated alkanes) is 1. The largest absolute Gasteiger partial charge is 0.416 e. The molecule has 1 spiro atoms. The summed E-state index contributed by atoms with van der Waals surface area (Å²) in [7, 11) is 1.63. The molecule has 10 nitrogen and oxygen atoms in total. The Balaban J connectivity index is 1.30. The van der Waals surface area contributed by atoms with Crippen LogP contribution in [0.25, 0.3) is 22.5 Å². The molecule has 51 heavy (non-hydrogen) atoms. The highest BCUT2D eigenvalue weighted by molar-refractivity contribution is 6.10. The molecule has 266 valence electrons. The van der Waals surface area contributed by atoms with Crippen LogP contribution in [0.5, 0.6) is 0 Å². The molecule has 3 aliphatic heterocycles. The molecule has 3 aliphatic rings. The second-order valence-corrected chi connectivity index (χ2v) is 13.3. The Labute approximate surface area is 288 Å². The third-order valence-corrected chi connectivity index (χ3v) is 9.62. The zero-order chi connectivity index (χ0) is 36.1. The van der Waals surface area contributed by atoms with Crippen molar-refractivity contribution in [2.24, 2.45) is 12.5 Å². The van der Waals surface area contributed by atoms with Gasteiger partial charge in [0.25, 0.3) is 5.91 Å². The summed E-state index contributed by atoms with van der Waals surface area (Å²) in [6.07, 6.45) is -6.53. The second kappa shape index (κ2) is 13.0. The Hall–Kier alpha value is -5.01. The standard InChI is InChI=1S/C35H32F6N8O2/c1-47-20-44-46-31(47)24-5-4-23(34(36,37)38)14-25(24)22-12-29(43-8-3-2-7-42)45-30(13-22)49-16-27-26(32(49)50)10-21(11-28(27)35(39,40)41)15-48-9-6-33(17-48)18-51-19-33/h4-5,10-14,20H,2-3,6,8-9,15-19H2,1H3,(H,43,45). The summed E-state index contributed by atoms with van der Waals surface area (Å²) in [5, 5.41) is 20.0. The van der Waals surface area contributed by atoms with E-state index in [4.69, 9.17) is 10.00 Å². The third kappa shape index (κ3) is 6.75. The van der Waals surface area contributed by atoms with Gasteiger partial charge in [-0.2, -0.15) is 31.6 Å². The Bertz CT molecular complexity index is 2030. The van der Waals surface area contributed by atoms with Gasteiger partial charge < -0.3 is 14.6 Å². The van der Waals surface area contributed by atoms with E-state index in [0.717, 1.165) is 29.5 Å². The molecule has 0 unspecified atom stereocenters. The van der Waals surface area contributed by atoms with E-state index in [1.54, 1.807) is 7.05 Å². The molecule has 1 amide bonds. The number of benzene rings is 2. The van der Waals surface area contributed by atoms with Crippen LogP contribution in [-0.2, 0) is 37.2 Å². The number of halogens is 6. The smallest absolute Gasteiger partial charge is 0.380 e. The van der Waals surface area contributed by atoms with Crippen LogP contribution >= 0.6 is 0 Å². The monoisotopic (exact) mass is 710 g/mol. The predicted molar refractivity (Wildman–Crippen MR) is 173 cm³/mol. The molecule has 0 bridgehead atoms. The van der Waals surface area contributed by atoms with Crippen molar-refractivity contribution in [3.05, 3.63) is 76.6 Å². The van der Waals surface area contributed by atoms with Crippen LogP contribution in [0.4, 0.5) is 38.0 Å². The molecule has 16 heteroatoms. The Morgan fingerprint density at radius 2 is 1.82 bits per heavy atom. The van der Waals surface area contributed by atoms with Crippen molar-refractivity contribution in [1.29, 1.82) is 5.26 Å². The molecular weight excluding hydrogens is 678 g/mol. The highest BCUT2D eigenvalue weighted by Gasteiger charge is 2.45. The number of hydrogen-bond donors (Lipinski definition) is 1. The van der Waals surface area contributed by atoms with Gasteiger partial charge in [-0.05, 0) is 84.1 Å². The van der Waals surface area contributed by atoms with E-state index >= 15 is 0 Å². The first-order chi connectivity index (χ1) is 24.2. The second-order valence-electron chi connectivity index (χ2n) is 13.3. The van der Waals surface area contributed by atoms with Crippen molar-refractivity contribution < 1.29 is 35.9 Å². The first-order valence-electron chi connectivity index (χ1n) is 16.3. The lowest BCUT2D eigenvalue weighted by Gasteiger charge is -2.37. The molecule has 0 saturated carbocycles. The molecule has 2 saturated heterocycles. The first-order valence-corrected chi connectivity index (χ1v) is 16.3. The van der Waals surface area contributed by atoms with E-state index < -0.39 is 35.9 Å². The number of aromatic nitrogens is 4. The summed E-state index contributed by atoms with van der Waals surface area (Å²) in [5.41, 5.74) is -1.18. The molecule has 2 fully saturated rings. The minimum Gasteiger partial charge on any atom is -0.380 e. The van der Waals surface area contributed by atoms with E-state index in [-0.39, 0.29) is 64.6 Å². The number of anilines is 2. The quantitative estimate of drug-likeness (QED) is 0.151. The summed E-state index contributed by atoms with van der Waals surface area (Å²) in [6, 6.07) is 10.7. The van der Waals surface area contributed by atoms with Gasteiger partial charge in [0.05, 0.1) is 37.0 Å². The summed E-state index contributed by atoms with van der Waals surface area (Å²) < 4.78 is 92.6. The number of carbonyl (C=O) groups is 1. The van der Waals surface area contributed by atoms with E-state index in [2.05, 4.69) is 25.4 Å². The van der Waals surface area contributed by atoms with Gasteiger partial charge in [0.2, 0.25) is 0 Å². The van der Waals surface area contributed by atoms with Crippen LogP contribution in [0.2, 0.25) is 0 Å². The molecule has 4 aromatic rings. The predicted octanol–water partition coefficient (Wildman–Crippen LogP) is 6.68. The normalized spacial score (nSPS) is 17.1. The molecule has 7 rings (SSSR count). The minimum atomic E-state index is -4.75. The first kappa shape index (κ1) is 34.4. The highest BCUT2D eigenvalue weighted by Crippen LogP contribution is 2.43. The number of carbonyl (C=O) groups excluding carboxylic acids is 1. The van der Waals surface area contributed by atoms with Crippen LogP contribution in [0.3, 0.4) is 0 Å². The number of pyridine rings is 1. The van der Waals surface area contributed by atoms with E-state index in [0.29, 0.717) is 43.9 Å². The molecule has 0 radical (unpaired) electrons. The lowest BCUT2D eigenvalue weighted by atomic mass is 9.85. The van der Waals surface area contributed by atoms with Crippen LogP contribution in [0.1, 0.15) is 51.9 Å². The van der Waals surface area contributed by atoms with Gasteiger partial charge in [0, 0.05) is 49.6 Å². The number of fused-ring (bicyclic) bond motifs is 1. The van der Waals surface area contributed by atoms with Crippen molar-refractivity contribution >= 4 is 17.5 Å². The number of ether oxygens (including phenoxy) is 1. The van der Waals surface area contributed by atoms with Gasteiger partial charge in [-0.3, -0.25) is 14.6 Å². The van der Waals surface area contributed by atoms with Crippen molar-refractivity contribution in [2.45, 2.75) is 44.7 Å². The molecule has 1 N–H and O–H groups in total. The molecule has 0 aliphatic carbocycles. The van der Waals surface area contributed by atoms with Crippen LogP contribution in [0, 0.1) is 16.7 Å². The lowest BCUT2D eigenvalue weighted by Crippen LogP contribution is -2.44. The zero-order valence-corrected chi connectivity index (χ0v) is 27.4. The van der Waals surface area contributed by atoms with Crippen molar-refractivity contribution in [3.8, 4) is 28.6 Å². The van der Waals surface area contributed by atoms with Crippen LogP contribution < -0.4 is 10.2 Å². The average molecular weight is 711 g/mol. The van der Waals surface area contributed by atoms with Gasteiger partial charge in [-0.1, -0.05) is 0 Å². The Morgan fingerprint density at radius 1 is 1.02 bits per heavy atom. The number of alkyl halides is 6. The number of nitrogens with one attached hydrogen (secondary N) is 1. The SMILES string of the molecule is Cn1cnnc1-c1ccc(C(F)(F)F)cc1-c1cc(NCCCC#N)nc(N2Cc3c(cc(CN4CCC5(COC5)C4)cc3C(F)(F)F)C2=O)c1. The highest BCUT2D eigenvalue weighted by atomic mass is 19.4. The fraction of sp³-hybridized carbons (Fsp3) is 0.400. The van der Waals surface area contributed by atoms with E-state index in [1.807, 2.05) is 6.07 Å². The molecule has 5 heterocycles. The summed E-state index contributed by atoms with van der Waals surface area (Å²) in [5.74, 6) is -0.342. The zero-order valence-electron chi connectivity index (χ0n) is 27.4. The maximum atomic E-state index is 14.6. The number of hydrogen-bond acceptors (Lipinski definition) is 8. The minimum absolute atomic E-state index is 0.0273. The van der Waals surface area contributed by atoms with Crippen molar-refractivity contribution in [3.63, 3.8) is 0 Å². The number of nitriles is 1. The number of rotatable bonds is 9. The summed E-state index contributed by atoms with van der Waals surface area (Å²) >= 11 is 0. The Kier molecular flexibility index (Phi) is 8.75. The number of likely N-dealkylation sites (tertiary alicyclic amines) is 1. The van der Waals surface area contributed by atoms with Crippen LogP contribution in [-0.4, -0.2) is 63.4 Å².